The molecule has 0 bridgehead atoms. The summed E-state index contributed by atoms with van der Waals surface area (Å²) < 4.78 is 12.0. The van der Waals surface area contributed by atoms with E-state index in [1.807, 2.05) is 37.3 Å². The fourth-order valence-corrected chi connectivity index (χ4v) is 2.93. The molecule has 0 aliphatic rings. The van der Waals surface area contributed by atoms with Gasteiger partial charge in [-0.3, -0.25) is 4.79 Å². The lowest BCUT2D eigenvalue weighted by molar-refractivity contribution is -0.111. The first-order valence-electron chi connectivity index (χ1n) is 9.08. The highest BCUT2D eigenvalue weighted by Gasteiger charge is 2.10. The van der Waals surface area contributed by atoms with Gasteiger partial charge < -0.3 is 19.8 Å². The standard InChI is InChI=1S/C22H20BrN3O3/c1-2-28-12-13-29-20-8-7-17(22-24-10-11-25-22)15-19(20)26-21(27)9-6-16-4-3-5-18(23)14-16/h3-5,7-8,10-11,14-15H,2,12-13H2,1H3,(H,24,25)(H,26,27). The van der Waals surface area contributed by atoms with Crippen LogP contribution in [0.2, 0.25) is 0 Å². The highest BCUT2D eigenvalue weighted by atomic mass is 79.9. The molecule has 0 spiro atoms. The number of aromatic amines is 1. The zero-order valence-electron chi connectivity index (χ0n) is 15.9. The van der Waals surface area contributed by atoms with Crippen LogP contribution in [-0.4, -0.2) is 35.7 Å². The maximum atomic E-state index is 12.4. The average Bonchev–Trinajstić information content (AvgIpc) is 3.25. The van der Waals surface area contributed by atoms with Crippen LogP contribution >= 0.6 is 15.9 Å². The molecule has 0 aliphatic heterocycles. The quantitative estimate of drug-likeness (QED) is 0.414. The molecule has 1 amide bonds. The van der Waals surface area contributed by atoms with Gasteiger partial charge in [-0.05, 0) is 43.3 Å². The van der Waals surface area contributed by atoms with Gasteiger partial charge in [-0.25, -0.2) is 4.98 Å². The Hall–Kier alpha value is -3.08. The number of imidazole rings is 1. The molecule has 3 aromatic rings. The van der Waals surface area contributed by atoms with Crippen molar-refractivity contribution in [1.29, 1.82) is 0 Å². The molecule has 0 saturated carbocycles. The predicted molar refractivity (Wildman–Crippen MR) is 116 cm³/mol. The molecule has 7 heteroatoms. The predicted octanol–water partition coefficient (Wildman–Crippen LogP) is 4.24. The molecule has 0 atom stereocenters. The molecule has 0 radical (unpaired) electrons. The van der Waals surface area contributed by atoms with E-state index in [9.17, 15) is 4.79 Å². The number of rotatable bonds is 7. The maximum Gasteiger partial charge on any atom is 0.300 e. The number of halogens is 1. The Balaban J connectivity index is 1.78. The number of anilines is 1. The van der Waals surface area contributed by atoms with Crippen LogP contribution in [-0.2, 0) is 9.53 Å². The smallest absolute Gasteiger partial charge is 0.300 e. The van der Waals surface area contributed by atoms with Gasteiger partial charge in [0.25, 0.3) is 0 Å². The van der Waals surface area contributed by atoms with Crippen molar-refractivity contribution >= 4 is 27.5 Å². The van der Waals surface area contributed by atoms with Crippen molar-refractivity contribution in [3.05, 3.63) is 64.9 Å². The van der Waals surface area contributed by atoms with Gasteiger partial charge in [0, 0.05) is 40.5 Å². The van der Waals surface area contributed by atoms with Crippen molar-refractivity contribution in [3.8, 4) is 29.0 Å². The van der Waals surface area contributed by atoms with E-state index in [4.69, 9.17) is 9.47 Å². The van der Waals surface area contributed by atoms with E-state index >= 15 is 0 Å². The molecule has 0 unspecified atom stereocenters. The lowest BCUT2D eigenvalue weighted by Gasteiger charge is -2.12. The fourth-order valence-electron chi connectivity index (χ4n) is 2.53. The van der Waals surface area contributed by atoms with Crippen LogP contribution in [0.4, 0.5) is 5.69 Å². The number of nitrogens with zero attached hydrogens (tertiary/aromatic N) is 1. The molecule has 2 N–H and O–H groups in total. The largest absolute Gasteiger partial charge is 0.489 e. The second-order valence-corrected chi connectivity index (χ2v) is 6.82. The van der Waals surface area contributed by atoms with Crippen LogP contribution in [0.1, 0.15) is 12.5 Å². The summed E-state index contributed by atoms with van der Waals surface area (Å²) in [6, 6.07) is 12.9. The zero-order valence-corrected chi connectivity index (χ0v) is 17.5. The molecular weight excluding hydrogens is 434 g/mol. The Labute approximate surface area is 177 Å². The molecule has 0 aliphatic carbocycles. The van der Waals surface area contributed by atoms with Crippen LogP contribution in [0.25, 0.3) is 11.4 Å². The number of benzene rings is 2. The molecule has 148 valence electrons. The number of H-pyrrole nitrogens is 1. The highest BCUT2D eigenvalue weighted by Crippen LogP contribution is 2.29. The van der Waals surface area contributed by atoms with Gasteiger partial charge in [-0.2, -0.15) is 0 Å². The van der Waals surface area contributed by atoms with Gasteiger partial charge in [-0.15, -0.1) is 0 Å². The number of hydrogen-bond donors (Lipinski definition) is 2. The lowest BCUT2D eigenvalue weighted by Crippen LogP contribution is -2.12. The summed E-state index contributed by atoms with van der Waals surface area (Å²) in [6.07, 6.45) is 3.41. The topological polar surface area (TPSA) is 76.2 Å². The maximum absolute atomic E-state index is 12.4. The average molecular weight is 454 g/mol. The minimum atomic E-state index is -0.434. The Kier molecular flexibility index (Phi) is 7.45. The molecule has 1 heterocycles. The van der Waals surface area contributed by atoms with Crippen molar-refractivity contribution < 1.29 is 14.3 Å². The number of carbonyl (C=O) groups is 1. The van der Waals surface area contributed by atoms with Crippen molar-refractivity contribution in [2.45, 2.75) is 6.92 Å². The van der Waals surface area contributed by atoms with Gasteiger partial charge in [-0.1, -0.05) is 27.9 Å². The van der Waals surface area contributed by atoms with Crippen LogP contribution in [0.5, 0.6) is 5.75 Å². The monoisotopic (exact) mass is 453 g/mol. The fraction of sp³-hybridized carbons (Fsp3) is 0.182. The van der Waals surface area contributed by atoms with Crippen LogP contribution in [0.15, 0.2) is 59.3 Å². The van der Waals surface area contributed by atoms with Gasteiger partial charge in [0.2, 0.25) is 0 Å². The zero-order chi connectivity index (χ0) is 20.5. The van der Waals surface area contributed by atoms with E-state index in [-0.39, 0.29) is 0 Å². The summed E-state index contributed by atoms with van der Waals surface area (Å²) in [5.41, 5.74) is 2.08. The van der Waals surface area contributed by atoms with Crippen LogP contribution in [0.3, 0.4) is 0 Å². The molecule has 3 rings (SSSR count). The summed E-state index contributed by atoms with van der Waals surface area (Å²) in [4.78, 5) is 19.7. The number of hydrogen-bond acceptors (Lipinski definition) is 4. The number of carbonyl (C=O) groups excluding carboxylic acids is 1. The molecule has 6 nitrogen and oxygen atoms in total. The number of aromatic nitrogens is 2. The Bertz CT molecular complexity index is 1020. The summed E-state index contributed by atoms with van der Waals surface area (Å²) in [5.74, 6) is 6.26. The van der Waals surface area contributed by atoms with E-state index in [2.05, 4.69) is 43.1 Å². The van der Waals surface area contributed by atoms with Gasteiger partial charge >= 0.3 is 5.91 Å². The summed E-state index contributed by atoms with van der Waals surface area (Å²) >= 11 is 3.39. The Morgan fingerprint density at radius 1 is 1.24 bits per heavy atom. The third-order valence-electron chi connectivity index (χ3n) is 3.83. The normalized spacial score (nSPS) is 10.1. The molecule has 29 heavy (non-hydrogen) atoms. The van der Waals surface area contributed by atoms with E-state index < -0.39 is 5.91 Å². The van der Waals surface area contributed by atoms with Gasteiger partial charge in [0.15, 0.2) is 0 Å². The minimum absolute atomic E-state index is 0.376. The molecule has 2 aromatic carbocycles. The third kappa shape index (κ3) is 6.21. The first-order valence-corrected chi connectivity index (χ1v) is 9.88. The second kappa shape index (κ2) is 10.5. The lowest BCUT2D eigenvalue weighted by atomic mass is 10.1. The van der Waals surface area contributed by atoms with Crippen molar-refractivity contribution in [2.24, 2.45) is 0 Å². The van der Waals surface area contributed by atoms with Crippen LogP contribution in [0, 0.1) is 11.8 Å². The summed E-state index contributed by atoms with van der Waals surface area (Å²) in [6.45, 7) is 3.39. The molecule has 0 saturated heterocycles. The first-order chi connectivity index (χ1) is 14.2. The summed E-state index contributed by atoms with van der Waals surface area (Å²) in [5, 5.41) is 2.81. The summed E-state index contributed by atoms with van der Waals surface area (Å²) in [7, 11) is 0. The van der Waals surface area contributed by atoms with Crippen LogP contribution < -0.4 is 10.1 Å². The Morgan fingerprint density at radius 2 is 2.14 bits per heavy atom. The number of ether oxygens (including phenoxy) is 2. The van der Waals surface area contributed by atoms with E-state index in [0.29, 0.717) is 37.1 Å². The van der Waals surface area contributed by atoms with E-state index in [1.54, 1.807) is 24.5 Å². The second-order valence-electron chi connectivity index (χ2n) is 5.91. The van der Waals surface area contributed by atoms with Crippen molar-refractivity contribution in [3.63, 3.8) is 0 Å². The van der Waals surface area contributed by atoms with Crippen molar-refractivity contribution in [1.82, 2.24) is 9.97 Å². The third-order valence-corrected chi connectivity index (χ3v) is 4.33. The minimum Gasteiger partial charge on any atom is -0.489 e. The number of amides is 1. The van der Waals surface area contributed by atoms with Gasteiger partial charge in [0.1, 0.15) is 18.2 Å². The molecular formula is C22H20BrN3O3. The first kappa shape index (κ1) is 20.6. The van der Waals surface area contributed by atoms with Crippen molar-refractivity contribution in [2.75, 3.05) is 25.1 Å². The number of nitrogens with one attached hydrogen (secondary N) is 2. The SMILES string of the molecule is CCOCCOc1ccc(-c2ncc[nH]2)cc1NC(=O)C#Cc1cccc(Br)c1. The highest BCUT2D eigenvalue weighted by molar-refractivity contribution is 9.10. The molecule has 1 aromatic heterocycles. The molecule has 0 fully saturated rings. The van der Waals surface area contributed by atoms with E-state index in [0.717, 1.165) is 15.6 Å². The van der Waals surface area contributed by atoms with E-state index in [1.165, 1.54) is 0 Å². The van der Waals surface area contributed by atoms with Gasteiger partial charge in [0.05, 0.1) is 12.3 Å². The Morgan fingerprint density at radius 3 is 2.90 bits per heavy atom.